The molecule has 362 valence electrons. The second-order valence-electron chi connectivity index (χ2n) is 27.7. The molecule has 71 heavy (non-hydrogen) atoms. The molecule has 1 aromatic heterocycles. The first kappa shape index (κ1) is 45.8. The molecule has 7 aliphatic rings. The molecular weight excluding hydrogens is 876 g/mol. The molecule has 0 spiro atoms. The van der Waals surface area contributed by atoms with Crippen LogP contribution in [0.2, 0.25) is 0 Å². The van der Waals surface area contributed by atoms with Crippen molar-refractivity contribution in [3.05, 3.63) is 148 Å². The second-order valence-corrected chi connectivity index (χ2v) is 28.8. The Morgan fingerprint density at radius 1 is 0.479 bits per heavy atom. The predicted octanol–water partition coefficient (Wildman–Crippen LogP) is 17.1. The monoisotopic (exact) mass is 951 g/mol. The number of fused-ring (bicyclic) bond motifs is 10. The maximum atomic E-state index is 2.79. The van der Waals surface area contributed by atoms with Crippen LogP contribution >= 0.6 is 11.3 Å². The first-order valence-electron chi connectivity index (χ1n) is 27.3. The smallest absolute Gasteiger partial charge is 0.254 e. The van der Waals surface area contributed by atoms with Gasteiger partial charge in [-0.15, -0.1) is 11.3 Å². The minimum atomic E-state index is 0.0384. The average Bonchev–Trinajstić information content (AvgIpc) is 3.70. The number of thiophene rings is 1. The highest BCUT2D eigenvalue weighted by Gasteiger charge is 2.51. The summed E-state index contributed by atoms with van der Waals surface area (Å²) in [5.41, 5.74) is 26.3. The van der Waals surface area contributed by atoms with Crippen LogP contribution < -0.4 is 26.2 Å². The van der Waals surface area contributed by atoms with Gasteiger partial charge in [-0.25, -0.2) is 0 Å². The zero-order valence-electron chi connectivity index (χ0n) is 45.4. The van der Waals surface area contributed by atoms with E-state index in [-0.39, 0.29) is 44.6 Å². The van der Waals surface area contributed by atoms with Crippen molar-refractivity contribution < 1.29 is 0 Å². The summed E-state index contributed by atoms with van der Waals surface area (Å²) in [6.07, 6.45) is 9.86. The number of anilines is 6. The molecule has 6 aromatic carbocycles. The van der Waals surface area contributed by atoms with Crippen molar-refractivity contribution in [2.45, 2.75) is 186 Å². The Morgan fingerprint density at radius 2 is 0.986 bits per heavy atom. The fourth-order valence-electron chi connectivity index (χ4n) is 14.9. The van der Waals surface area contributed by atoms with Gasteiger partial charge in [-0.1, -0.05) is 139 Å². The minimum Gasteiger partial charge on any atom is -0.311 e. The van der Waals surface area contributed by atoms with Gasteiger partial charge in [-0.3, -0.25) is 0 Å². The summed E-state index contributed by atoms with van der Waals surface area (Å²) >= 11 is 2.06. The van der Waals surface area contributed by atoms with Crippen LogP contribution in [0.15, 0.2) is 103 Å². The molecule has 5 aliphatic carbocycles. The Balaban J connectivity index is 1.18. The zero-order chi connectivity index (χ0) is 49.7. The van der Waals surface area contributed by atoms with E-state index in [1.54, 1.807) is 11.1 Å². The third-order valence-electron chi connectivity index (χ3n) is 20.0. The molecule has 7 aromatic rings. The molecule has 0 atom stereocenters. The molecule has 4 heteroatoms. The molecule has 2 nitrogen and oxygen atoms in total. The lowest BCUT2D eigenvalue weighted by atomic mass is 9.33. The van der Waals surface area contributed by atoms with Gasteiger partial charge in [0, 0.05) is 33.0 Å². The molecule has 0 amide bonds. The normalized spacial score (nSPS) is 23.7. The summed E-state index contributed by atoms with van der Waals surface area (Å²) in [6, 6.07) is 42.3. The number of rotatable bonds is 3. The minimum absolute atomic E-state index is 0.0384. The largest absolute Gasteiger partial charge is 0.311 e. The highest BCUT2D eigenvalue weighted by molar-refractivity contribution is 7.26. The van der Waals surface area contributed by atoms with Crippen LogP contribution in [0.4, 0.5) is 33.4 Å². The van der Waals surface area contributed by atoms with Crippen LogP contribution in [-0.4, -0.2) is 6.71 Å². The zero-order valence-corrected chi connectivity index (χ0v) is 46.2. The van der Waals surface area contributed by atoms with Crippen molar-refractivity contribution >= 4 is 78.0 Å². The van der Waals surface area contributed by atoms with Gasteiger partial charge >= 0.3 is 0 Å². The maximum Gasteiger partial charge on any atom is 0.254 e. The van der Waals surface area contributed by atoms with E-state index in [1.807, 2.05) is 0 Å². The first-order valence-corrected chi connectivity index (χ1v) is 28.1. The Bertz CT molecular complexity index is 3400. The van der Waals surface area contributed by atoms with Crippen LogP contribution in [0, 0.1) is 6.92 Å². The van der Waals surface area contributed by atoms with Gasteiger partial charge in [-0.05, 0) is 223 Å². The third-order valence-corrected chi connectivity index (χ3v) is 21.1. The van der Waals surface area contributed by atoms with Crippen molar-refractivity contribution in [2.24, 2.45) is 0 Å². The number of nitrogens with zero attached hydrogens (tertiary/aromatic N) is 2. The topological polar surface area (TPSA) is 6.48 Å². The van der Waals surface area contributed by atoms with Crippen LogP contribution in [-0.2, 0) is 37.9 Å². The molecule has 14 rings (SSSR count). The highest BCUT2D eigenvalue weighted by atomic mass is 32.1. The van der Waals surface area contributed by atoms with Gasteiger partial charge in [0.2, 0.25) is 0 Å². The van der Waals surface area contributed by atoms with Gasteiger partial charge in [0.15, 0.2) is 0 Å². The fourth-order valence-corrected chi connectivity index (χ4v) is 16.2. The number of aryl methyl sites for hydroxylation is 1. The van der Waals surface area contributed by atoms with Crippen molar-refractivity contribution in [3.8, 4) is 11.1 Å². The van der Waals surface area contributed by atoms with E-state index in [1.165, 1.54) is 156 Å². The van der Waals surface area contributed by atoms with Crippen molar-refractivity contribution in [3.63, 3.8) is 0 Å². The number of benzene rings is 6. The van der Waals surface area contributed by atoms with E-state index < -0.39 is 0 Å². The molecule has 0 saturated heterocycles. The Morgan fingerprint density at radius 3 is 1.55 bits per heavy atom. The summed E-state index contributed by atoms with van der Waals surface area (Å²) in [7, 11) is 0. The summed E-state index contributed by atoms with van der Waals surface area (Å²) in [5, 5.41) is 2.86. The van der Waals surface area contributed by atoms with Gasteiger partial charge in [0.05, 0.1) is 10.7 Å². The Hall–Kier alpha value is -5.06. The third kappa shape index (κ3) is 6.50. The lowest BCUT2D eigenvalue weighted by molar-refractivity contribution is 0.188. The summed E-state index contributed by atoms with van der Waals surface area (Å²) in [5.74, 6) is 0. The maximum absolute atomic E-state index is 2.79. The van der Waals surface area contributed by atoms with E-state index in [0.717, 1.165) is 0 Å². The lowest BCUT2D eigenvalue weighted by Crippen LogP contribution is -2.61. The average molecular weight is 951 g/mol. The molecule has 2 bridgehead atoms. The van der Waals surface area contributed by atoms with Crippen LogP contribution in [0.3, 0.4) is 0 Å². The van der Waals surface area contributed by atoms with E-state index >= 15 is 0 Å². The summed E-state index contributed by atoms with van der Waals surface area (Å²) < 4.78 is 1.45. The summed E-state index contributed by atoms with van der Waals surface area (Å²) in [4.78, 5) is 5.50. The van der Waals surface area contributed by atoms with Crippen LogP contribution in [0.1, 0.15) is 186 Å². The summed E-state index contributed by atoms with van der Waals surface area (Å²) in [6.45, 7) is 34.6. The second kappa shape index (κ2) is 14.6. The Labute approximate surface area is 430 Å². The molecule has 0 N–H and O–H groups in total. The van der Waals surface area contributed by atoms with Crippen molar-refractivity contribution in [1.29, 1.82) is 0 Å². The van der Waals surface area contributed by atoms with E-state index in [9.17, 15) is 0 Å². The van der Waals surface area contributed by atoms with E-state index in [2.05, 4.69) is 221 Å². The molecule has 0 radical (unpaired) electrons. The van der Waals surface area contributed by atoms with Crippen molar-refractivity contribution in [2.75, 3.05) is 9.80 Å². The molecule has 3 heterocycles. The van der Waals surface area contributed by atoms with Gasteiger partial charge in [-0.2, -0.15) is 0 Å². The predicted molar refractivity (Wildman–Crippen MR) is 308 cm³/mol. The quantitative estimate of drug-likeness (QED) is 0.163. The highest BCUT2D eigenvalue weighted by Crippen LogP contribution is 2.59. The van der Waals surface area contributed by atoms with Gasteiger partial charge in [0.1, 0.15) is 0 Å². The SMILES string of the molecule is Cc1cc2c3c(c1)N(c1ccc(C(C)(C)C)cc1)c1sc4cc5c(cc4c1B3c1cc3c(cc1N2c1cc2c(cc1-c1ccccc1)C(C)(C)CCC2(C)C)C(C)(C)CCC3(C)C)C1(C)CCC5(C)CC1. The fraction of sp³-hybridized carbons (Fsp3) is 0.433. The molecule has 0 unspecified atom stereocenters. The van der Waals surface area contributed by atoms with E-state index in [0.29, 0.717) is 0 Å². The standard InChI is InChI=1S/C67H75BN2S/c1-40-32-55-59-56(33-40)70(53-37-48-46(62(5,6)24-26-64(48,9)10)34-44(53)41-18-16-15-17-19-41)54-38-49-47(63(7,8)25-27-65(49,11)12)36-52(54)68(59)58-45-35-50-51(67(14)30-28-66(50,13)29-31-67)39-57(45)71-60(58)69(55)43-22-20-42(21-23-43)61(2,3)4/h15-23,32-39H,24-31H2,1-14H3. The number of hydrogen-bond acceptors (Lipinski definition) is 3. The van der Waals surface area contributed by atoms with E-state index in [4.69, 9.17) is 0 Å². The molecule has 2 aliphatic heterocycles. The van der Waals surface area contributed by atoms with Crippen LogP contribution in [0.5, 0.6) is 0 Å². The lowest BCUT2D eigenvalue weighted by Gasteiger charge is -2.52. The Kier molecular flexibility index (Phi) is 9.40. The molecular formula is C67H75BN2S. The van der Waals surface area contributed by atoms with Gasteiger partial charge < -0.3 is 9.80 Å². The molecule has 1 fully saturated rings. The van der Waals surface area contributed by atoms with Gasteiger partial charge in [0.25, 0.3) is 6.71 Å². The van der Waals surface area contributed by atoms with Crippen LogP contribution in [0.25, 0.3) is 21.2 Å². The molecule has 1 saturated carbocycles. The van der Waals surface area contributed by atoms with Crippen molar-refractivity contribution in [1.82, 2.24) is 0 Å². The first-order chi connectivity index (χ1) is 33.4. The number of hydrogen-bond donors (Lipinski definition) is 0.